The van der Waals surface area contributed by atoms with Gasteiger partial charge in [0.05, 0.1) is 30.9 Å². The summed E-state index contributed by atoms with van der Waals surface area (Å²) in [5, 5.41) is 11.5. The predicted molar refractivity (Wildman–Crippen MR) is 120 cm³/mol. The Balaban J connectivity index is 1.41. The molecule has 0 unspecified atom stereocenters. The molecular formula is C22H29N7O3. The zero-order valence-corrected chi connectivity index (χ0v) is 18.3. The quantitative estimate of drug-likeness (QED) is 0.632. The molecule has 5 heterocycles. The van der Waals surface area contributed by atoms with E-state index in [0.717, 1.165) is 16.9 Å². The van der Waals surface area contributed by atoms with E-state index < -0.39 is 5.60 Å². The zero-order valence-electron chi connectivity index (χ0n) is 18.3. The number of anilines is 1. The van der Waals surface area contributed by atoms with Crippen molar-refractivity contribution in [1.29, 1.82) is 0 Å². The lowest BCUT2D eigenvalue weighted by Crippen LogP contribution is -2.54. The largest absolute Gasteiger partial charge is 0.388 e. The van der Waals surface area contributed by atoms with E-state index in [2.05, 4.69) is 9.97 Å². The van der Waals surface area contributed by atoms with Crippen molar-refractivity contribution in [2.75, 3.05) is 45.1 Å². The predicted octanol–water partition coefficient (Wildman–Crippen LogP) is 1.40. The lowest BCUT2D eigenvalue weighted by Gasteiger charge is -2.41. The van der Waals surface area contributed by atoms with E-state index in [4.69, 9.17) is 15.5 Å². The maximum Gasteiger partial charge on any atom is 0.320 e. The number of pyridine rings is 2. The number of piperidine rings is 1. The second-order valence-corrected chi connectivity index (χ2v) is 8.63. The Morgan fingerprint density at radius 3 is 2.59 bits per heavy atom. The van der Waals surface area contributed by atoms with Crippen molar-refractivity contribution >= 4 is 33.9 Å². The summed E-state index contributed by atoms with van der Waals surface area (Å²) in [6, 6.07) is 3.74. The van der Waals surface area contributed by atoms with Crippen LogP contribution in [0.2, 0.25) is 0 Å². The van der Waals surface area contributed by atoms with Crippen molar-refractivity contribution in [2.24, 2.45) is 0 Å². The van der Waals surface area contributed by atoms with E-state index in [1.165, 1.54) is 0 Å². The first-order valence-electron chi connectivity index (χ1n) is 11.2. The minimum atomic E-state index is -0.946. The standard InChI is InChI=1S/C22H29N7O3/c1-2-16-26-18-19(17-15(25-20(18)23)4-3-7-24-17)29(16)14-22(31)5-8-27(9-6-22)21(30)28-10-12-32-13-11-28/h3-4,7,31H,2,5-6,8-14H2,1H3,(H2,23,25). The second kappa shape index (κ2) is 8.18. The number of nitrogen functional groups attached to an aromatic ring is 1. The molecule has 0 atom stereocenters. The van der Waals surface area contributed by atoms with Crippen LogP contribution < -0.4 is 5.73 Å². The Morgan fingerprint density at radius 2 is 1.88 bits per heavy atom. The lowest BCUT2D eigenvalue weighted by atomic mass is 9.91. The van der Waals surface area contributed by atoms with E-state index in [0.29, 0.717) is 82.1 Å². The number of urea groups is 1. The van der Waals surface area contributed by atoms with Gasteiger partial charge in [-0.15, -0.1) is 0 Å². The van der Waals surface area contributed by atoms with E-state index >= 15 is 0 Å². The third kappa shape index (κ3) is 3.63. The molecule has 0 spiro atoms. The smallest absolute Gasteiger partial charge is 0.320 e. The lowest BCUT2D eigenvalue weighted by molar-refractivity contribution is -0.0311. The first-order valence-corrected chi connectivity index (χ1v) is 11.2. The first kappa shape index (κ1) is 20.9. The van der Waals surface area contributed by atoms with E-state index in [-0.39, 0.29) is 6.03 Å². The topological polar surface area (TPSA) is 123 Å². The number of hydrogen-bond donors (Lipinski definition) is 2. The van der Waals surface area contributed by atoms with Gasteiger partial charge in [0.25, 0.3) is 0 Å². The molecular weight excluding hydrogens is 410 g/mol. The highest BCUT2D eigenvalue weighted by atomic mass is 16.5. The number of nitrogens with zero attached hydrogens (tertiary/aromatic N) is 6. The normalized spacial score (nSPS) is 19.1. The van der Waals surface area contributed by atoms with Crippen LogP contribution in [0.1, 0.15) is 25.6 Å². The Labute approximate surface area is 186 Å². The molecule has 170 valence electrons. The zero-order chi connectivity index (χ0) is 22.3. The fraction of sp³-hybridized carbons (Fsp3) is 0.545. The van der Waals surface area contributed by atoms with Gasteiger partial charge in [-0.2, -0.15) is 0 Å². The maximum absolute atomic E-state index is 12.8. The number of amides is 2. The van der Waals surface area contributed by atoms with E-state index in [9.17, 15) is 9.90 Å². The van der Waals surface area contributed by atoms with Gasteiger partial charge >= 0.3 is 6.03 Å². The number of imidazole rings is 1. The van der Waals surface area contributed by atoms with Gasteiger partial charge in [-0.3, -0.25) is 4.98 Å². The van der Waals surface area contributed by atoms with Crippen LogP contribution in [-0.2, 0) is 17.7 Å². The molecule has 2 saturated heterocycles. The highest BCUT2D eigenvalue weighted by Gasteiger charge is 2.37. The van der Waals surface area contributed by atoms with Crippen LogP contribution in [0.15, 0.2) is 18.3 Å². The number of fused-ring (bicyclic) bond motifs is 3. The van der Waals surface area contributed by atoms with Gasteiger partial charge in [-0.1, -0.05) is 6.92 Å². The van der Waals surface area contributed by atoms with Crippen molar-refractivity contribution < 1.29 is 14.6 Å². The average molecular weight is 440 g/mol. The number of aliphatic hydroxyl groups is 1. The van der Waals surface area contributed by atoms with Crippen LogP contribution in [0, 0.1) is 0 Å². The van der Waals surface area contributed by atoms with Crippen molar-refractivity contribution in [2.45, 2.75) is 38.3 Å². The van der Waals surface area contributed by atoms with E-state index in [1.54, 1.807) is 6.20 Å². The van der Waals surface area contributed by atoms with Gasteiger partial charge in [0.2, 0.25) is 0 Å². The molecule has 3 aromatic rings. The highest BCUT2D eigenvalue weighted by molar-refractivity contribution is 6.04. The van der Waals surface area contributed by atoms with Gasteiger partial charge in [-0.25, -0.2) is 14.8 Å². The second-order valence-electron chi connectivity index (χ2n) is 8.63. The van der Waals surface area contributed by atoms with Crippen molar-refractivity contribution in [3.63, 3.8) is 0 Å². The van der Waals surface area contributed by atoms with Crippen LogP contribution in [0.4, 0.5) is 10.6 Å². The van der Waals surface area contributed by atoms with Crippen LogP contribution in [0.3, 0.4) is 0 Å². The Bertz CT molecular complexity index is 1150. The van der Waals surface area contributed by atoms with Gasteiger partial charge in [0, 0.05) is 38.8 Å². The van der Waals surface area contributed by atoms with Crippen LogP contribution >= 0.6 is 0 Å². The average Bonchev–Trinajstić information content (AvgIpc) is 3.18. The summed E-state index contributed by atoms with van der Waals surface area (Å²) < 4.78 is 7.39. The molecule has 2 aliphatic rings. The molecule has 0 saturated carbocycles. The number of hydrogen-bond acceptors (Lipinski definition) is 7. The van der Waals surface area contributed by atoms with Crippen LogP contribution in [-0.4, -0.2) is 85.5 Å². The molecule has 32 heavy (non-hydrogen) atoms. The van der Waals surface area contributed by atoms with Crippen molar-refractivity contribution in [1.82, 2.24) is 29.3 Å². The fourth-order valence-electron chi connectivity index (χ4n) is 4.73. The molecule has 5 rings (SSSR count). The summed E-state index contributed by atoms with van der Waals surface area (Å²) in [7, 11) is 0. The SMILES string of the molecule is CCc1nc2c(N)nc3cccnc3c2n1CC1(O)CCN(C(=O)N2CCOCC2)CC1. The molecule has 0 radical (unpaired) electrons. The molecule has 2 fully saturated rings. The van der Waals surface area contributed by atoms with Crippen molar-refractivity contribution in [3.05, 3.63) is 24.2 Å². The van der Waals surface area contributed by atoms with Crippen molar-refractivity contribution in [3.8, 4) is 0 Å². The van der Waals surface area contributed by atoms with Gasteiger partial charge in [-0.05, 0) is 25.0 Å². The Morgan fingerprint density at radius 1 is 1.16 bits per heavy atom. The van der Waals surface area contributed by atoms with Crippen LogP contribution in [0.5, 0.6) is 0 Å². The summed E-state index contributed by atoms with van der Waals surface area (Å²) in [6.45, 7) is 5.85. The summed E-state index contributed by atoms with van der Waals surface area (Å²) in [5.41, 5.74) is 8.14. The molecule has 10 heteroatoms. The van der Waals surface area contributed by atoms with E-state index in [1.807, 2.05) is 33.4 Å². The van der Waals surface area contributed by atoms with Crippen LogP contribution in [0.25, 0.3) is 22.1 Å². The molecule has 3 aromatic heterocycles. The third-order valence-electron chi connectivity index (χ3n) is 6.56. The minimum absolute atomic E-state index is 0.0340. The monoisotopic (exact) mass is 439 g/mol. The van der Waals surface area contributed by atoms with Gasteiger partial charge in [0.1, 0.15) is 22.4 Å². The number of morpholine rings is 1. The number of likely N-dealkylation sites (tertiary alicyclic amines) is 1. The first-order chi connectivity index (χ1) is 15.5. The molecule has 2 amide bonds. The molecule has 10 nitrogen and oxygen atoms in total. The summed E-state index contributed by atoms with van der Waals surface area (Å²) in [4.78, 5) is 30.2. The molecule has 3 N–H and O–H groups in total. The number of ether oxygens (including phenoxy) is 1. The minimum Gasteiger partial charge on any atom is -0.388 e. The Kier molecular flexibility index (Phi) is 5.34. The maximum atomic E-state index is 12.8. The summed E-state index contributed by atoms with van der Waals surface area (Å²) >= 11 is 0. The Hall–Kier alpha value is -2.98. The number of aryl methyl sites for hydroxylation is 1. The molecule has 0 aliphatic carbocycles. The fourth-order valence-corrected chi connectivity index (χ4v) is 4.73. The molecule has 2 aliphatic heterocycles. The number of carbonyl (C=O) groups is 1. The number of nitrogens with two attached hydrogens (primary N) is 1. The van der Waals surface area contributed by atoms with Gasteiger partial charge in [0.15, 0.2) is 5.82 Å². The number of aromatic nitrogens is 4. The third-order valence-corrected chi connectivity index (χ3v) is 6.56. The number of rotatable bonds is 3. The molecule has 0 bridgehead atoms. The highest BCUT2D eigenvalue weighted by Crippen LogP contribution is 2.32. The van der Waals surface area contributed by atoms with Gasteiger partial charge < -0.3 is 29.9 Å². The molecule has 0 aromatic carbocycles. The summed E-state index contributed by atoms with van der Waals surface area (Å²) in [5.74, 6) is 1.21. The summed E-state index contributed by atoms with van der Waals surface area (Å²) in [6.07, 6.45) is 3.42. The number of carbonyl (C=O) groups excluding carboxylic acids is 1.